The molecule has 10 heteroatoms. The van der Waals surface area contributed by atoms with E-state index >= 15 is 0 Å². The summed E-state index contributed by atoms with van der Waals surface area (Å²) in [5, 5.41) is 2.46. The molecule has 0 unspecified atom stereocenters. The summed E-state index contributed by atoms with van der Waals surface area (Å²) in [6.45, 7) is 4.15. The second-order valence-corrected chi connectivity index (χ2v) is 8.21. The van der Waals surface area contributed by atoms with Crippen LogP contribution in [0.1, 0.15) is 48.3 Å². The van der Waals surface area contributed by atoms with E-state index in [2.05, 4.69) is 10.3 Å². The van der Waals surface area contributed by atoms with Gasteiger partial charge in [0, 0.05) is 25.1 Å². The number of hydrogen-bond acceptors (Lipinski definition) is 7. The number of nitrogens with zero attached hydrogens (tertiary/aromatic N) is 1. The topological polar surface area (TPSA) is 104 Å². The molecule has 0 radical (unpaired) electrons. The van der Waals surface area contributed by atoms with E-state index in [-0.39, 0.29) is 17.2 Å². The van der Waals surface area contributed by atoms with Crippen molar-refractivity contribution in [3.63, 3.8) is 0 Å². The predicted molar refractivity (Wildman–Crippen MR) is 129 cm³/mol. The fourth-order valence-corrected chi connectivity index (χ4v) is 3.81. The number of carbonyl (C=O) groups excluding carboxylic acids is 3. The maximum Gasteiger partial charge on any atom is 0.328 e. The number of nitrogens with one attached hydrogen (secondary N) is 1. The second kappa shape index (κ2) is 12.1. The molecule has 0 spiro atoms. The van der Waals surface area contributed by atoms with Crippen LogP contribution in [0.4, 0.5) is 8.78 Å². The molecule has 8 nitrogen and oxygen atoms in total. The molecule has 0 bridgehead atoms. The van der Waals surface area contributed by atoms with E-state index in [1.54, 1.807) is 19.1 Å². The van der Waals surface area contributed by atoms with Crippen LogP contribution in [0.5, 0.6) is 11.5 Å². The molecule has 1 heterocycles. The Balaban J connectivity index is 1.80. The molecular formula is C27H26F2N2O6. The first-order chi connectivity index (χ1) is 17.6. The zero-order valence-electron chi connectivity index (χ0n) is 20.7. The zero-order chi connectivity index (χ0) is 27.1. The van der Waals surface area contributed by atoms with Gasteiger partial charge in [0.05, 0.1) is 7.11 Å². The monoisotopic (exact) mass is 512 g/mol. The van der Waals surface area contributed by atoms with Gasteiger partial charge in [-0.15, -0.1) is 0 Å². The van der Waals surface area contributed by atoms with Crippen molar-refractivity contribution < 1.29 is 37.4 Å². The average molecular weight is 513 g/mol. The summed E-state index contributed by atoms with van der Waals surface area (Å²) in [5.74, 6) is -4.06. The highest BCUT2D eigenvalue weighted by atomic mass is 19.1. The minimum absolute atomic E-state index is 0.104. The lowest BCUT2D eigenvalue weighted by atomic mass is 9.87. The quantitative estimate of drug-likeness (QED) is 0.429. The summed E-state index contributed by atoms with van der Waals surface area (Å²) in [6, 6.07) is 11.7. The van der Waals surface area contributed by atoms with Gasteiger partial charge in [0.2, 0.25) is 5.75 Å². The maximum atomic E-state index is 14.0. The minimum Gasteiger partial charge on any atom is -0.493 e. The lowest BCUT2D eigenvalue weighted by Gasteiger charge is -2.26. The number of halogens is 2. The molecule has 2 aromatic carbocycles. The molecule has 3 aromatic rings. The highest BCUT2D eigenvalue weighted by molar-refractivity contribution is 5.98. The molecule has 0 saturated carbocycles. The van der Waals surface area contributed by atoms with Crippen LogP contribution in [0.25, 0.3) is 0 Å². The number of ether oxygens (including phenoxy) is 3. The van der Waals surface area contributed by atoms with Gasteiger partial charge >= 0.3 is 11.9 Å². The minimum atomic E-state index is -1.14. The van der Waals surface area contributed by atoms with Crippen molar-refractivity contribution in [2.24, 2.45) is 0 Å². The molecule has 1 aromatic heterocycles. The van der Waals surface area contributed by atoms with Crippen molar-refractivity contribution in [3.8, 4) is 11.5 Å². The highest BCUT2D eigenvalue weighted by Crippen LogP contribution is 2.32. The molecular weight excluding hydrogens is 486 g/mol. The van der Waals surface area contributed by atoms with Gasteiger partial charge in [0.1, 0.15) is 23.8 Å². The van der Waals surface area contributed by atoms with Crippen LogP contribution in [0, 0.1) is 11.6 Å². The Morgan fingerprint density at radius 3 is 2.05 bits per heavy atom. The van der Waals surface area contributed by atoms with Gasteiger partial charge in [0.15, 0.2) is 11.4 Å². The van der Waals surface area contributed by atoms with Crippen LogP contribution in [0.3, 0.4) is 0 Å². The van der Waals surface area contributed by atoms with E-state index in [0.717, 1.165) is 6.92 Å². The summed E-state index contributed by atoms with van der Waals surface area (Å²) in [4.78, 5) is 41.2. The highest BCUT2D eigenvalue weighted by Gasteiger charge is 2.29. The molecule has 0 aliphatic rings. The lowest BCUT2D eigenvalue weighted by molar-refractivity contribution is -0.150. The Morgan fingerprint density at radius 1 is 0.946 bits per heavy atom. The van der Waals surface area contributed by atoms with Gasteiger partial charge in [-0.05, 0) is 49.2 Å². The van der Waals surface area contributed by atoms with Crippen LogP contribution >= 0.6 is 0 Å². The van der Waals surface area contributed by atoms with Gasteiger partial charge in [-0.1, -0.05) is 24.3 Å². The van der Waals surface area contributed by atoms with Gasteiger partial charge < -0.3 is 19.5 Å². The number of esters is 2. The van der Waals surface area contributed by atoms with Crippen LogP contribution in [0.15, 0.2) is 60.8 Å². The third-order valence-electron chi connectivity index (χ3n) is 5.44. The Hall–Kier alpha value is -4.34. The largest absolute Gasteiger partial charge is 0.493 e. The zero-order valence-corrected chi connectivity index (χ0v) is 20.7. The number of pyridine rings is 1. The predicted octanol–water partition coefficient (Wildman–Crippen LogP) is 4.18. The maximum absolute atomic E-state index is 14.0. The van der Waals surface area contributed by atoms with E-state index in [0.29, 0.717) is 11.1 Å². The third-order valence-corrected chi connectivity index (χ3v) is 5.44. The first-order valence-corrected chi connectivity index (χ1v) is 11.3. The van der Waals surface area contributed by atoms with Crippen molar-refractivity contribution >= 4 is 17.8 Å². The first kappa shape index (κ1) is 27.3. The van der Waals surface area contributed by atoms with Crippen molar-refractivity contribution in [2.75, 3.05) is 7.11 Å². The lowest BCUT2D eigenvalue weighted by Crippen LogP contribution is -2.41. The van der Waals surface area contributed by atoms with Gasteiger partial charge in [0.25, 0.3) is 5.91 Å². The van der Waals surface area contributed by atoms with E-state index in [1.165, 1.54) is 62.7 Å². The Morgan fingerprint density at radius 2 is 1.54 bits per heavy atom. The van der Waals surface area contributed by atoms with Crippen molar-refractivity contribution in [3.05, 3.63) is 89.2 Å². The average Bonchev–Trinajstić information content (AvgIpc) is 2.84. The number of benzene rings is 2. The molecule has 37 heavy (non-hydrogen) atoms. The molecule has 1 amide bonds. The standard InChI is InChI=1S/C27H26F2N2O6/c1-15(31-26(33)24-25(37-17(3)32)22(35-4)11-12-30-24)27(34)36-16(2)23(18-7-5-9-20(28)13-18)19-8-6-10-21(29)14-19/h5-16,23H,1-4H3,(H,31,33)/t15-,16-/m0/s1. The summed E-state index contributed by atoms with van der Waals surface area (Å²) in [6.07, 6.45) is 0.427. The van der Waals surface area contributed by atoms with E-state index < -0.39 is 47.5 Å². The summed E-state index contributed by atoms with van der Waals surface area (Å²) in [7, 11) is 1.33. The fourth-order valence-electron chi connectivity index (χ4n) is 3.81. The number of carbonyl (C=O) groups is 3. The van der Waals surface area contributed by atoms with Gasteiger partial charge in [-0.2, -0.15) is 0 Å². The smallest absolute Gasteiger partial charge is 0.328 e. The van der Waals surface area contributed by atoms with Gasteiger partial charge in [-0.3, -0.25) is 9.59 Å². The SMILES string of the molecule is COc1ccnc(C(=O)N[C@@H](C)C(=O)O[C@@H](C)C(c2cccc(F)c2)c2cccc(F)c2)c1OC(C)=O. The molecule has 0 fully saturated rings. The number of rotatable bonds is 9. The van der Waals surface area contributed by atoms with E-state index in [1.807, 2.05) is 0 Å². The number of hydrogen-bond donors (Lipinski definition) is 1. The molecule has 3 rings (SSSR count). The first-order valence-electron chi connectivity index (χ1n) is 11.3. The number of methoxy groups -OCH3 is 1. The molecule has 0 aliphatic carbocycles. The molecule has 194 valence electrons. The summed E-state index contributed by atoms with van der Waals surface area (Å²) >= 11 is 0. The Labute approximate surface area is 212 Å². The number of aromatic nitrogens is 1. The molecule has 0 aliphatic heterocycles. The third kappa shape index (κ3) is 6.87. The summed E-state index contributed by atoms with van der Waals surface area (Å²) < 4.78 is 43.8. The second-order valence-electron chi connectivity index (χ2n) is 8.21. The Bertz CT molecular complexity index is 1250. The van der Waals surface area contributed by atoms with Crippen LogP contribution in [-0.4, -0.2) is 42.1 Å². The van der Waals surface area contributed by atoms with E-state index in [4.69, 9.17) is 14.2 Å². The van der Waals surface area contributed by atoms with Crippen molar-refractivity contribution in [1.29, 1.82) is 0 Å². The summed E-state index contributed by atoms with van der Waals surface area (Å²) in [5.41, 5.74) is 0.697. The fraction of sp³-hybridized carbons (Fsp3) is 0.259. The molecule has 1 N–H and O–H groups in total. The van der Waals surface area contributed by atoms with Crippen LogP contribution in [0.2, 0.25) is 0 Å². The van der Waals surface area contributed by atoms with Crippen molar-refractivity contribution in [1.82, 2.24) is 10.3 Å². The number of amides is 1. The van der Waals surface area contributed by atoms with Crippen LogP contribution < -0.4 is 14.8 Å². The molecule has 0 saturated heterocycles. The normalized spacial score (nSPS) is 12.4. The van der Waals surface area contributed by atoms with Crippen molar-refractivity contribution in [2.45, 2.75) is 38.8 Å². The Kier molecular flexibility index (Phi) is 8.89. The van der Waals surface area contributed by atoms with Crippen LogP contribution in [-0.2, 0) is 14.3 Å². The van der Waals surface area contributed by atoms with Gasteiger partial charge in [-0.25, -0.2) is 18.6 Å². The van der Waals surface area contributed by atoms with E-state index in [9.17, 15) is 23.2 Å². The molecule has 2 atom stereocenters.